The van der Waals surface area contributed by atoms with Crippen LogP contribution in [0.25, 0.3) is 0 Å². The average molecular weight is 306 g/mol. The zero-order valence-corrected chi connectivity index (χ0v) is 13.7. The highest BCUT2D eigenvalue weighted by Crippen LogP contribution is 2.27. The van der Waals surface area contributed by atoms with Crippen molar-refractivity contribution in [2.75, 3.05) is 5.75 Å². The molecule has 1 rings (SSSR count). The molecule has 0 amide bonds. The van der Waals surface area contributed by atoms with Crippen LogP contribution in [0.3, 0.4) is 0 Å². The summed E-state index contributed by atoms with van der Waals surface area (Å²) < 4.78 is 27.1. The lowest BCUT2D eigenvalue weighted by Crippen LogP contribution is -2.50. The van der Waals surface area contributed by atoms with E-state index in [-0.39, 0.29) is 28.1 Å². The van der Waals surface area contributed by atoms with Crippen molar-refractivity contribution in [2.45, 2.75) is 58.9 Å². The molecule has 0 aromatic heterocycles. The summed E-state index contributed by atoms with van der Waals surface area (Å²) in [5, 5.41) is 0. The summed E-state index contributed by atoms with van der Waals surface area (Å²) in [5.41, 5.74) is 5.46. The van der Waals surface area contributed by atoms with E-state index in [4.69, 9.17) is 18.0 Å². The molecule has 1 unspecified atom stereocenters. The van der Waals surface area contributed by atoms with Crippen molar-refractivity contribution < 1.29 is 8.42 Å². The molecule has 0 aromatic carbocycles. The summed E-state index contributed by atoms with van der Waals surface area (Å²) >= 11 is 5.06. The predicted octanol–water partition coefficient (Wildman–Crippen LogP) is 2.19. The quantitative estimate of drug-likeness (QED) is 0.764. The van der Waals surface area contributed by atoms with E-state index in [2.05, 4.69) is 4.72 Å². The van der Waals surface area contributed by atoms with E-state index in [1.54, 1.807) is 0 Å². The highest BCUT2D eigenvalue weighted by molar-refractivity contribution is 7.89. The Balaban J connectivity index is 2.75. The minimum atomic E-state index is -3.35. The second kappa shape index (κ2) is 6.50. The van der Waals surface area contributed by atoms with Crippen LogP contribution >= 0.6 is 12.2 Å². The summed E-state index contributed by atoms with van der Waals surface area (Å²) in [4.78, 5) is 0.268. The second-order valence-corrected chi connectivity index (χ2v) is 8.94. The van der Waals surface area contributed by atoms with Gasteiger partial charge in [0.25, 0.3) is 0 Å². The minimum Gasteiger partial charge on any atom is -0.392 e. The van der Waals surface area contributed by atoms with Crippen molar-refractivity contribution in [2.24, 2.45) is 17.1 Å². The van der Waals surface area contributed by atoms with Gasteiger partial charge in [-0.2, -0.15) is 0 Å². The third-order valence-corrected chi connectivity index (χ3v) is 5.47. The van der Waals surface area contributed by atoms with Gasteiger partial charge in [-0.1, -0.05) is 52.3 Å². The Bertz CT molecular complexity index is 407. The van der Waals surface area contributed by atoms with Crippen LogP contribution in [0.1, 0.15) is 52.9 Å². The Morgan fingerprint density at radius 2 is 1.84 bits per heavy atom. The highest BCUT2D eigenvalue weighted by atomic mass is 32.2. The first-order chi connectivity index (χ1) is 8.61. The zero-order chi connectivity index (χ0) is 14.7. The summed E-state index contributed by atoms with van der Waals surface area (Å²) in [7, 11) is -3.35. The lowest BCUT2D eigenvalue weighted by atomic mass is 9.84. The maximum Gasteiger partial charge on any atom is 0.212 e. The van der Waals surface area contributed by atoms with Gasteiger partial charge in [-0.25, -0.2) is 13.1 Å². The van der Waals surface area contributed by atoms with Crippen LogP contribution in [0.2, 0.25) is 0 Å². The van der Waals surface area contributed by atoms with Crippen LogP contribution in [-0.4, -0.2) is 25.2 Å². The first kappa shape index (κ1) is 16.9. The van der Waals surface area contributed by atoms with Crippen LogP contribution in [0.5, 0.6) is 0 Å². The molecule has 0 heterocycles. The van der Waals surface area contributed by atoms with Crippen molar-refractivity contribution in [1.29, 1.82) is 0 Å². The highest BCUT2D eigenvalue weighted by Gasteiger charge is 2.31. The molecule has 0 aliphatic heterocycles. The molecular formula is C13H26N2O2S2. The lowest BCUT2D eigenvalue weighted by Gasteiger charge is -2.31. The fraction of sp³-hybridized carbons (Fsp3) is 0.923. The SMILES string of the molecule is CC(C)(C)CS(=O)(=O)NC(C(N)=S)C1CCCCC1. The molecule has 3 N–H and O–H groups in total. The second-order valence-electron chi connectivity index (χ2n) is 6.72. The molecule has 0 saturated heterocycles. The molecule has 1 aliphatic carbocycles. The maximum absolute atomic E-state index is 12.2. The Morgan fingerprint density at radius 1 is 1.32 bits per heavy atom. The molecule has 112 valence electrons. The van der Waals surface area contributed by atoms with Crippen molar-refractivity contribution in [3.05, 3.63) is 0 Å². The molecule has 1 atom stereocenters. The van der Waals surface area contributed by atoms with E-state index in [0.717, 1.165) is 25.7 Å². The van der Waals surface area contributed by atoms with Gasteiger partial charge in [0.2, 0.25) is 10.0 Å². The molecule has 19 heavy (non-hydrogen) atoms. The van der Waals surface area contributed by atoms with E-state index in [1.165, 1.54) is 6.42 Å². The summed E-state index contributed by atoms with van der Waals surface area (Å²) in [6.45, 7) is 5.72. The van der Waals surface area contributed by atoms with Crippen molar-refractivity contribution in [3.8, 4) is 0 Å². The monoisotopic (exact) mass is 306 g/mol. The number of hydrogen-bond acceptors (Lipinski definition) is 3. The molecule has 0 bridgehead atoms. The van der Waals surface area contributed by atoms with Gasteiger partial charge < -0.3 is 5.73 Å². The number of hydrogen-bond donors (Lipinski definition) is 2. The minimum absolute atomic E-state index is 0.0891. The van der Waals surface area contributed by atoms with Gasteiger partial charge in [0.1, 0.15) is 0 Å². The van der Waals surface area contributed by atoms with Gasteiger partial charge in [0, 0.05) is 0 Å². The van der Waals surface area contributed by atoms with Gasteiger partial charge in [-0.3, -0.25) is 0 Å². The third-order valence-electron chi connectivity index (χ3n) is 3.36. The first-order valence-electron chi connectivity index (χ1n) is 6.90. The summed E-state index contributed by atoms with van der Waals surface area (Å²) in [6, 6.07) is -0.386. The van der Waals surface area contributed by atoms with Crippen LogP contribution in [0.4, 0.5) is 0 Å². The van der Waals surface area contributed by atoms with E-state index in [1.807, 2.05) is 20.8 Å². The number of nitrogens with two attached hydrogens (primary N) is 1. The van der Waals surface area contributed by atoms with Crippen molar-refractivity contribution >= 4 is 27.2 Å². The molecule has 0 spiro atoms. The van der Waals surface area contributed by atoms with Crippen molar-refractivity contribution in [1.82, 2.24) is 4.72 Å². The van der Waals surface area contributed by atoms with Crippen LogP contribution in [0, 0.1) is 11.3 Å². The molecule has 1 aliphatic rings. The third kappa shape index (κ3) is 6.19. The van der Waals surface area contributed by atoms with Gasteiger partial charge in [0.15, 0.2) is 0 Å². The van der Waals surface area contributed by atoms with Crippen molar-refractivity contribution in [3.63, 3.8) is 0 Å². The van der Waals surface area contributed by atoms with E-state index in [0.29, 0.717) is 0 Å². The van der Waals surface area contributed by atoms with Gasteiger partial charge in [-0.15, -0.1) is 0 Å². The maximum atomic E-state index is 12.2. The number of rotatable bonds is 5. The van der Waals surface area contributed by atoms with Gasteiger partial charge in [0.05, 0.1) is 16.8 Å². The van der Waals surface area contributed by atoms with Crippen LogP contribution < -0.4 is 10.5 Å². The zero-order valence-electron chi connectivity index (χ0n) is 12.1. The number of thiocarbonyl (C=S) groups is 1. The average Bonchev–Trinajstić information content (AvgIpc) is 2.23. The van der Waals surface area contributed by atoms with E-state index in [9.17, 15) is 8.42 Å². The summed E-state index contributed by atoms with van der Waals surface area (Å²) in [6.07, 6.45) is 5.48. The smallest absolute Gasteiger partial charge is 0.212 e. The standard InChI is InChI=1S/C13H26N2O2S2/c1-13(2,3)9-19(16,17)15-11(12(14)18)10-7-5-4-6-8-10/h10-11,15H,4-9H2,1-3H3,(H2,14,18). The fourth-order valence-electron chi connectivity index (χ4n) is 2.66. The molecule has 4 nitrogen and oxygen atoms in total. The normalized spacial score (nSPS) is 20.2. The predicted molar refractivity (Wildman–Crippen MR) is 83.5 cm³/mol. The van der Waals surface area contributed by atoms with Crippen LogP contribution in [0.15, 0.2) is 0 Å². The molecule has 1 fully saturated rings. The largest absolute Gasteiger partial charge is 0.392 e. The Kier molecular flexibility index (Phi) is 5.77. The topological polar surface area (TPSA) is 72.2 Å². The molecule has 1 saturated carbocycles. The Labute approximate surface area is 122 Å². The fourth-order valence-corrected chi connectivity index (χ4v) is 4.92. The number of nitrogens with one attached hydrogen (secondary N) is 1. The number of sulfonamides is 1. The molecule has 0 aromatic rings. The molecule has 0 radical (unpaired) electrons. The molecule has 6 heteroatoms. The lowest BCUT2D eigenvalue weighted by molar-refractivity contribution is 0.329. The molecular weight excluding hydrogens is 280 g/mol. The Hall–Kier alpha value is -0.200. The first-order valence-corrected chi connectivity index (χ1v) is 8.96. The Morgan fingerprint density at radius 3 is 2.26 bits per heavy atom. The van der Waals surface area contributed by atoms with Gasteiger partial charge >= 0.3 is 0 Å². The van der Waals surface area contributed by atoms with Crippen LogP contribution in [-0.2, 0) is 10.0 Å². The van der Waals surface area contributed by atoms with E-state index < -0.39 is 10.0 Å². The van der Waals surface area contributed by atoms with E-state index >= 15 is 0 Å². The summed E-state index contributed by atoms with van der Waals surface area (Å²) in [5.74, 6) is 0.340. The van der Waals surface area contributed by atoms with Gasteiger partial charge in [-0.05, 0) is 24.2 Å².